The fourth-order valence-electron chi connectivity index (χ4n) is 4.09. The molecule has 1 atom stereocenters. The van der Waals surface area contributed by atoms with Crippen LogP contribution < -0.4 is 5.32 Å². The Morgan fingerprint density at radius 2 is 1.90 bits per heavy atom. The number of carbonyl (C=O) groups excluding carboxylic acids is 1. The van der Waals surface area contributed by atoms with Crippen LogP contribution in [-0.2, 0) is 14.3 Å². The minimum absolute atomic E-state index is 0.00421. The molecule has 1 N–H and O–H groups in total. The summed E-state index contributed by atoms with van der Waals surface area (Å²) in [6, 6.07) is 10.8. The van der Waals surface area contributed by atoms with Crippen molar-refractivity contribution in [3.05, 3.63) is 35.9 Å². The summed E-state index contributed by atoms with van der Waals surface area (Å²) in [5.74, 6) is 0.845. The van der Waals surface area contributed by atoms with Crippen molar-refractivity contribution in [1.29, 1.82) is 0 Å². The number of methoxy groups -OCH3 is 1. The van der Waals surface area contributed by atoms with E-state index in [1.165, 1.54) is 12.7 Å². The third-order valence-electron chi connectivity index (χ3n) is 5.75. The van der Waals surface area contributed by atoms with Crippen molar-refractivity contribution in [1.82, 2.24) is 15.1 Å². The number of nitrogens with zero attached hydrogens (tertiary/aromatic N) is 3. The second kappa shape index (κ2) is 11.2. The summed E-state index contributed by atoms with van der Waals surface area (Å²) in [4.78, 5) is 21.6. The maximum absolute atomic E-state index is 11.8. The van der Waals surface area contributed by atoms with Crippen molar-refractivity contribution in [2.24, 2.45) is 10.9 Å². The van der Waals surface area contributed by atoms with E-state index < -0.39 is 0 Å². The highest BCUT2D eigenvalue weighted by molar-refractivity contribution is 5.80. The molecular formula is C22H34N4O3. The summed E-state index contributed by atoms with van der Waals surface area (Å²) >= 11 is 0. The molecule has 2 heterocycles. The van der Waals surface area contributed by atoms with Crippen LogP contribution in [0.4, 0.5) is 0 Å². The number of morpholine rings is 1. The van der Waals surface area contributed by atoms with Crippen molar-refractivity contribution in [3.63, 3.8) is 0 Å². The number of likely N-dealkylation sites (tertiary alicyclic amines) is 1. The third kappa shape index (κ3) is 5.93. The van der Waals surface area contributed by atoms with Gasteiger partial charge in [0.15, 0.2) is 5.96 Å². The number of nitrogens with one attached hydrogen (secondary N) is 1. The Balaban J connectivity index is 1.70. The Labute approximate surface area is 174 Å². The van der Waals surface area contributed by atoms with Gasteiger partial charge in [-0.05, 0) is 25.3 Å². The monoisotopic (exact) mass is 402 g/mol. The molecule has 0 bridgehead atoms. The number of carbonyl (C=O) groups is 1. The summed E-state index contributed by atoms with van der Waals surface area (Å²) in [5.41, 5.74) is 1.29. The number of piperidine rings is 1. The van der Waals surface area contributed by atoms with Crippen LogP contribution in [0, 0.1) is 5.92 Å². The lowest BCUT2D eigenvalue weighted by Gasteiger charge is -2.35. The molecule has 2 aliphatic heterocycles. The largest absolute Gasteiger partial charge is 0.469 e. The molecular weight excluding hydrogens is 368 g/mol. The molecule has 160 valence electrons. The second-order valence-corrected chi connectivity index (χ2v) is 7.55. The predicted molar refractivity (Wildman–Crippen MR) is 114 cm³/mol. The van der Waals surface area contributed by atoms with Gasteiger partial charge in [-0.25, -0.2) is 0 Å². The molecule has 1 aromatic rings. The third-order valence-corrected chi connectivity index (χ3v) is 5.75. The van der Waals surface area contributed by atoms with E-state index in [2.05, 4.69) is 52.4 Å². The summed E-state index contributed by atoms with van der Waals surface area (Å²) in [5, 5.41) is 3.44. The SMILES string of the molecule is CCNC(=NCC(c1ccccc1)N1CCOCC1)N1CCC(C(=O)OC)CC1. The summed E-state index contributed by atoms with van der Waals surface area (Å²) in [6.45, 7) is 8.65. The molecule has 2 fully saturated rings. The van der Waals surface area contributed by atoms with Gasteiger partial charge in [0.05, 0.1) is 38.8 Å². The minimum atomic E-state index is -0.0944. The van der Waals surface area contributed by atoms with Crippen LogP contribution in [0.1, 0.15) is 31.4 Å². The van der Waals surface area contributed by atoms with E-state index >= 15 is 0 Å². The number of guanidine groups is 1. The molecule has 2 aliphatic rings. The molecule has 1 aromatic carbocycles. The summed E-state index contributed by atoms with van der Waals surface area (Å²) in [6.07, 6.45) is 1.62. The van der Waals surface area contributed by atoms with Crippen LogP contribution in [0.3, 0.4) is 0 Å². The Bertz CT molecular complexity index is 653. The van der Waals surface area contributed by atoms with E-state index in [0.717, 1.165) is 64.7 Å². The van der Waals surface area contributed by atoms with Crippen LogP contribution in [0.15, 0.2) is 35.3 Å². The molecule has 0 saturated carbocycles. The Morgan fingerprint density at radius 3 is 2.52 bits per heavy atom. The number of hydrogen-bond donors (Lipinski definition) is 1. The molecule has 0 aliphatic carbocycles. The normalized spacial score (nSPS) is 20.3. The smallest absolute Gasteiger partial charge is 0.308 e. The lowest BCUT2D eigenvalue weighted by Crippen LogP contribution is -2.47. The highest BCUT2D eigenvalue weighted by atomic mass is 16.5. The van der Waals surface area contributed by atoms with E-state index in [0.29, 0.717) is 6.54 Å². The van der Waals surface area contributed by atoms with E-state index in [4.69, 9.17) is 14.5 Å². The van der Waals surface area contributed by atoms with Gasteiger partial charge in [0.25, 0.3) is 0 Å². The Morgan fingerprint density at radius 1 is 1.21 bits per heavy atom. The number of esters is 1. The van der Waals surface area contributed by atoms with Crippen LogP contribution in [-0.4, -0.2) is 81.3 Å². The molecule has 1 unspecified atom stereocenters. The number of hydrogen-bond acceptors (Lipinski definition) is 5. The van der Waals surface area contributed by atoms with Gasteiger partial charge < -0.3 is 19.7 Å². The first kappa shape index (κ1) is 21.6. The standard InChI is InChI=1S/C22H34N4O3/c1-3-23-22(26-11-9-19(10-12-26)21(27)28-2)24-17-20(18-7-5-4-6-8-18)25-13-15-29-16-14-25/h4-8,19-20H,3,9-17H2,1-2H3,(H,23,24). The van der Waals surface area contributed by atoms with E-state index in [-0.39, 0.29) is 17.9 Å². The molecule has 0 aromatic heterocycles. The highest BCUT2D eigenvalue weighted by Crippen LogP contribution is 2.23. The lowest BCUT2D eigenvalue weighted by molar-refractivity contribution is -0.146. The molecule has 7 nitrogen and oxygen atoms in total. The van der Waals surface area contributed by atoms with E-state index in [9.17, 15) is 4.79 Å². The second-order valence-electron chi connectivity index (χ2n) is 7.55. The van der Waals surface area contributed by atoms with Crippen LogP contribution in [0.2, 0.25) is 0 Å². The van der Waals surface area contributed by atoms with Crippen LogP contribution in [0.25, 0.3) is 0 Å². The van der Waals surface area contributed by atoms with Gasteiger partial charge in [-0.3, -0.25) is 14.7 Å². The molecule has 3 rings (SSSR count). The molecule has 2 saturated heterocycles. The van der Waals surface area contributed by atoms with Crippen molar-refractivity contribution in [2.75, 3.05) is 59.6 Å². The van der Waals surface area contributed by atoms with Gasteiger partial charge in [0.2, 0.25) is 0 Å². The molecule has 0 radical (unpaired) electrons. The van der Waals surface area contributed by atoms with Gasteiger partial charge >= 0.3 is 5.97 Å². The quantitative estimate of drug-likeness (QED) is 0.445. The van der Waals surface area contributed by atoms with Gasteiger partial charge in [-0.15, -0.1) is 0 Å². The van der Waals surface area contributed by atoms with Crippen molar-refractivity contribution < 1.29 is 14.3 Å². The van der Waals surface area contributed by atoms with Crippen molar-refractivity contribution >= 4 is 11.9 Å². The lowest BCUT2D eigenvalue weighted by atomic mass is 9.97. The van der Waals surface area contributed by atoms with Crippen LogP contribution >= 0.6 is 0 Å². The number of ether oxygens (including phenoxy) is 2. The Kier molecular flexibility index (Phi) is 8.31. The minimum Gasteiger partial charge on any atom is -0.469 e. The Hall–Kier alpha value is -2.12. The zero-order valence-electron chi connectivity index (χ0n) is 17.7. The average molecular weight is 403 g/mol. The van der Waals surface area contributed by atoms with Gasteiger partial charge in [-0.2, -0.15) is 0 Å². The highest BCUT2D eigenvalue weighted by Gasteiger charge is 2.28. The molecule has 7 heteroatoms. The predicted octanol–water partition coefficient (Wildman–Crippen LogP) is 1.91. The van der Waals surface area contributed by atoms with Crippen molar-refractivity contribution in [3.8, 4) is 0 Å². The zero-order chi connectivity index (χ0) is 20.5. The summed E-state index contributed by atoms with van der Waals surface area (Å²) in [7, 11) is 1.47. The fraction of sp³-hybridized carbons (Fsp3) is 0.636. The van der Waals surface area contributed by atoms with Crippen LogP contribution in [0.5, 0.6) is 0 Å². The maximum Gasteiger partial charge on any atom is 0.308 e. The summed E-state index contributed by atoms with van der Waals surface area (Å²) < 4.78 is 10.5. The first-order valence-electron chi connectivity index (χ1n) is 10.7. The molecule has 0 amide bonds. The van der Waals surface area contributed by atoms with E-state index in [1.807, 2.05) is 0 Å². The average Bonchev–Trinajstić information content (AvgIpc) is 2.79. The number of benzene rings is 1. The fourth-order valence-corrected chi connectivity index (χ4v) is 4.09. The maximum atomic E-state index is 11.8. The van der Waals surface area contributed by atoms with Gasteiger partial charge in [0, 0.05) is 32.7 Å². The first-order valence-corrected chi connectivity index (χ1v) is 10.7. The zero-order valence-corrected chi connectivity index (χ0v) is 17.7. The topological polar surface area (TPSA) is 66.4 Å². The molecule has 0 spiro atoms. The number of aliphatic imine (C=N–C) groups is 1. The van der Waals surface area contributed by atoms with E-state index in [1.54, 1.807) is 0 Å². The first-order chi connectivity index (χ1) is 14.2. The van der Waals surface area contributed by atoms with Gasteiger partial charge in [-0.1, -0.05) is 30.3 Å². The number of rotatable bonds is 6. The van der Waals surface area contributed by atoms with Gasteiger partial charge in [0.1, 0.15) is 0 Å². The molecule has 29 heavy (non-hydrogen) atoms. The van der Waals surface area contributed by atoms with Crippen molar-refractivity contribution in [2.45, 2.75) is 25.8 Å².